The van der Waals surface area contributed by atoms with E-state index in [-0.39, 0.29) is 5.54 Å². The Balaban J connectivity index is 6.62. The van der Waals surface area contributed by atoms with Gasteiger partial charge in [-0.2, -0.15) is 0 Å². The van der Waals surface area contributed by atoms with Crippen LogP contribution in [-0.4, -0.2) is 23.5 Å². The van der Waals surface area contributed by atoms with Crippen LogP contribution in [-0.2, 0) is 0 Å². The summed E-state index contributed by atoms with van der Waals surface area (Å²) < 4.78 is 0. The monoisotopic (exact) mass is 421 g/mol. The molecule has 0 amide bonds. The largest absolute Gasteiger partial charge is 0.294 e. The molecule has 0 aliphatic carbocycles. The van der Waals surface area contributed by atoms with E-state index >= 15 is 0 Å². The maximum atomic E-state index is 4.57. The lowest BCUT2D eigenvalue weighted by atomic mass is 9.78. The van der Waals surface area contributed by atoms with Crippen molar-refractivity contribution in [2.24, 2.45) is 0 Å². The molecule has 1 nitrogen and oxygen atoms in total. The van der Waals surface area contributed by atoms with Crippen molar-refractivity contribution in [1.29, 1.82) is 0 Å². The standard InChI is InChI=1S/C30H47N/c1-11-18-19-22-28(23-27(15-5)20-12-2)30(10,31(16-6)17-7)24-26(9)29(21-13-3)25(8)14-4/h11-13,15,18-22H,1,9,14,16-17,23-24H2,2-8,10H3/b19-18-,20-12-,21-13-,27-15+,28-22-,29-25-. The highest BCUT2D eigenvalue weighted by molar-refractivity contribution is 5.45. The van der Waals surface area contributed by atoms with Crippen molar-refractivity contribution in [3.8, 4) is 0 Å². The lowest BCUT2D eigenvalue weighted by Gasteiger charge is -2.44. The highest BCUT2D eigenvalue weighted by atomic mass is 15.2. The van der Waals surface area contributed by atoms with Crippen molar-refractivity contribution in [1.82, 2.24) is 4.90 Å². The fourth-order valence-corrected chi connectivity index (χ4v) is 4.15. The van der Waals surface area contributed by atoms with E-state index in [0.29, 0.717) is 0 Å². The Hall–Kier alpha value is -2.12. The molecule has 0 aromatic rings. The van der Waals surface area contributed by atoms with Crippen LogP contribution in [0.2, 0.25) is 0 Å². The summed E-state index contributed by atoms with van der Waals surface area (Å²) in [5.74, 6) is 0. The Morgan fingerprint density at radius 3 is 2.03 bits per heavy atom. The van der Waals surface area contributed by atoms with Gasteiger partial charge in [-0.15, -0.1) is 0 Å². The first-order valence-corrected chi connectivity index (χ1v) is 11.8. The van der Waals surface area contributed by atoms with E-state index in [2.05, 4.69) is 116 Å². The van der Waals surface area contributed by atoms with E-state index in [1.165, 1.54) is 27.9 Å². The first kappa shape index (κ1) is 28.9. The molecule has 0 fully saturated rings. The minimum absolute atomic E-state index is 0.136. The molecular weight excluding hydrogens is 374 g/mol. The van der Waals surface area contributed by atoms with Crippen LogP contribution in [0.5, 0.6) is 0 Å². The van der Waals surface area contributed by atoms with Gasteiger partial charge in [-0.05, 0) is 89.3 Å². The summed E-state index contributed by atoms with van der Waals surface area (Å²) in [7, 11) is 0. The second-order valence-corrected chi connectivity index (χ2v) is 8.13. The second-order valence-electron chi connectivity index (χ2n) is 8.13. The zero-order valence-electron chi connectivity index (χ0n) is 21.6. The summed E-state index contributed by atoms with van der Waals surface area (Å²) in [5, 5.41) is 0. The third kappa shape index (κ3) is 8.87. The van der Waals surface area contributed by atoms with Crippen LogP contribution >= 0.6 is 0 Å². The molecule has 1 unspecified atom stereocenters. The van der Waals surface area contributed by atoms with Crippen LogP contribution in [0.15, 0.2) is 95.7 Å². The summed E-state index contributed by atoms with van der Waals surface area (Å²) >= 11 is 0. The molecule has 0 aromatic heterocycles. The van der Waals surface area contributed by atoms with Gasteiger partial charge < -0.3 is 0 Å². The average molecular weight is 422 g/mol. The van der Waals surface area contributed by atoms with E-state index < -0.39 is 0 Å². The van der Waals surface area contributed by atoms with Gasteiger partial charge in [0.25, 0.3) is 0 Å². The highest BCUT2D eigenvalue weighted by Gasteiger charge is 2.35. The number of hydrogen-bond donors (Lipinski definition) is 0. The van der Waals surface area contributed by atoms with Crippen molar-refractivity contribution in [3.05, 3.63) is 95.7 Å². The van der Waals surface area contributed by atoms with Crippen molar-refractivity contribution in [2.45, 2.75) is 80.2 Å². The Kier molecular flexibility index (Phi) is 14.6. The number of nitrogens with zero attached hydrogens (tertiary/aromatic N) is 1. The van der Waals surface area contributed by atoms with E-state index in [1.54, 1.807) is 0 Å². The van der Waals surface area contributed by atoms with Crippen molar-refractivity contribution < 1.29 is 0 Å². The summed E-state index contributed by atoms with van der Waals surface area (Å²) in [6, 6.07) is 0. The summed E-state index contributed by atoms with van der Waals surface area (Å²) in [4.78, 5) is 2.57. The third-order valence-electron chi connectivity index (χ3n) is 6.11. The van der Waals surface area contributed by atoms with Gasteiger partial charge in [0.2, 0.25) is 0 Å². The predicted molar refractivity (Wildman–Crippen MR) is 143 cm³/mol. The van der Waals surface area contributed by atoms with Gasteiger partial charge >= 0.3 is 0 Å². The van der Waals surface area contributed by atoms with Crippen molar-refractivity contribution in [3.63, 3.8) is 0 Å². The van der Waals surface area contributed by atoms with Crippen molar-refractivity contribution in [2.75, 3.05) is 13.1 Å². The van der Waals surface area contributed by atoms with Crippen LogP contribution in [0.25, 0.3) is 0 Å². The first-order chi connectivity index (χ1) is 14.8. The van der Waals surface area contributed by atoms with E-state index in [1.807, 2.05) is 12.2 Å². The summed E-state index contributed by atoms with van der Waals surface area (Å²) in [5.41, 5.74) is 6.49. The molecule has 0 spiro atoms. The average Bonchev–Trinajstić information content (AvgIpc) is 2.76. The fourth-order valence-electron chi connectivity index (χ4n) is 4.15. The molecule has 1 atom stereocenters. The molecule has 1 heteroatoms. The van der Waals surface area contributed by atoms with Crippen LogP contribution in [0.3, 0.4) is 0 Å². The molecular formula is C30H47N. The Labute approximate surface area is 194 Å². The van der Waals surface area contributed by atoms with Gasteiger partial charge in [0.05, 0.1) is 0 Å². The van der Waals surface area contributed by atoms with E-state index in [4.69, 9.17) is 0 Å². The zero-order valence-corrected chi connectivity index (χ0v) is 21.6. The van der Waals surface area contributed by atoms with Gasteiger partial charge in [-0.3, -0.25) is 4.90 Å². The highest BCUT2D eigenvalue weighted by Crippen LogP contribution is 2.37. The predicted octanol–water partition coefficient (Wildman–Crippen LogP) is 8.92. The van der Waals surface area contributed by atoms with Crippen LogP contribution < -0.4 is 0 Å². The summed E-state index contributed by atoms with van der Waals surface area (Å²) in [6.45, 7) is 28.0. The summed E-state index contributed by atoms with van der Waals surface area (Å²) in [6.07, 6.45) is 22.0. The normalized spacial score (nSPS) is 16.4. The lowest BCUT2D eigenvalue weighted by Crippen LogP contribution is -2.48. The second kappa shape index (κ2) is 15.6. The lowest BCUT2D eigenvalue weighted by molar-refractivity contribution is 0.149. The molecule has 31 heavy (non-hydrogen) atoms. The van der Waals surface area contributed by atoms with Gasteiger partial charge in [0, 0.05) is 5.54 Å². The van der Waals surface area contributed by atoms with Gasteiger partial charge in [-0.25, -0.2) is 0 Å². The number of hydrogen-bond acceptors (Lipinski definition) is 1. The number of rotatable bonds is 14. The smallest absolute Gasteiger partial charge is 0.0438 e. The fraction of sp³-hybridized carbons (Fsp3) is 0.467. The topological polar surface area (TPSA) is 3.24 Å². The van der Waals surface area contributed by atoms with E-state index in [0.717, 1.165) is 32.4 Å². The molecule has 172 valence electrons. The van der Waals surface area contributed by atoms with Gasteiger partial charge in [0.15, 0.2) is 0 Å². The maximum absolute atomic E-state index is 4.57. The molecule has 0 heterocycles. The molecule has 0 N–H and O–H groups in total. The first-order valence-electron chi connectivity index (χ1n) is 11.8. The molecule has 0 rings (SSSR count). The molecule has 0 aliphatic rings. The molecule has 0 saturated carbocycles. The van der Waals surface area contributed by atoms with E-state index in [9.17, 15) is 0 Å². The minimum atomic E-state index is -0.136. The molecule has 0 bridgehead atoms. The van der Waals surface area contributed by atoms with Crippen LogP contribution in [0, 0.1) is 0 Å². The van der Waals surface area contributed by atoms with Gasteiger partial charge in [0.1, 0.15) is 0 Å². The SMILES string of the molecule is C=C/C=C\C=C(\CC(/C=C\C)=C/C)C(C)(CC(=C)C(/C=C\C)=C(/C)CC)N(CC)CC. The Bertz CT molecular complexity index is 747. The minimum Gasteiger partial charge on any atom is -0.294 e. The number of likely N-dealkylation sites (N-methyl/N-ethyl adjacent to an activating group) is 1. The Morgan fingerprint density at radius 2 is 1.58 bits per heavy atom. The Morgan fingerprint density at radius 1 is 0.968 bits per heavy atom. The zero-order chi connectivity index (χ0) is 23.9. The van der Waals surface area contributed by atoms with Crippen molar-refractivity contribution >= 4 is 0 Å². The number of allylic oxidation sites excluding steroid dienone is 12. The van der Waals surface area contributed by atoms with Gasteiger partial charge in [-0.1, -0.05) is 94.2 Å². The third-order valence-corrected chi connectivity index (χ3v) is 6.11. The molecule has 0 aliphatic heterocycles. The molecule has 0 aromatic carbocycles. The van der Waals surface area contributed by atoms with Crippen LogP contribution in [0.1, 0.15) is 74.7 Å². The quantitative estimate of drug-likeness (QED) is 0.253. The van der Waals surface area contributed by atoms with Crippen LogP contribution in [0.4, 0.5) is 0 Å². The molecule has 0 radical (unpaired) electrons. The maximum Gasteiger partial charge on any atom is 0.0438 e. The molecule has 0 saturated heterocycles.